The summed E-state index contributed by atoms with van der Waals surface area (Å²) in [6.07, 6.45) is 1.52. The van der Waals surface area contributed by atoms with Crippen molar-refractivity contribution in [2.24, 2.45) is 0 Å². The van der Waals surface area contributed by atoms with E-state index in [9.17, 15) is 13.2 Å². The zero-order valence-electron chi connectivity index (χ0n) is 9.38. The second-order valence-corrected chi connectivity index (χ2v) is 5.18. The fraction of sp³-hybridized carbons (Fsp3) is 0.875. The third-order valence-electron chi connectivity index (χ3n) is 2.01. The number of aliphatic hydroxyl groups excluding tert-OH is 1. The summed E-state index contributed by atoms with van der Waals surface area (Å²) < 4.78 is 26.0. The lowest BCUT2D eigenvalue weighted by Gasteiger charge is -2.19. The van der Waals surface area contributed by atoms with Gasteiger partial charge in [0.05, 0.1) is 6.61 Å². The van der Waals surface area contributed by atoms with Crippen LogP contribution in [-0.2, 0) is 15.0 Å². The van der Waals surface area contributed by atoms with E-state index >= 15 is 0 Å². The van der Waals surface area contributed by atoms with E-state index in [1.165, 1.54) is 7.05 Å². The molecule has 1 atom stereocenters. The number of rotatable bonds is 8. The molecule has 16 heavy (non-hydrogen) atoms. The first-order chi connectivity index (χ1) is 7.35. The molecule has 0 amide bonds. The Morgan fingerprint density at radius 3 is 2.44 bits per heavy atom. The third kappa shape index (κ3) is 4.88. The van der Waals surface area contributed by atoms with Crippen LogP contribution in [0.3, 0.4) is 0 Å². The lowest BCUT2D eigenvalue weighted by atomic mass is 10.3. The Morgan fingerprint density at radius 2 is 2.06 bits per heavy atom. The van der Waals surface area contributed by atoms with E-state index in [1.54, 1.807) is 0 Å². The molecule has 0 aromatic heterocycles. The summed E-state index contributed by atoms with van der Waals surface area (Å²) in [4.78, 5) is 10.5. The first-order valence-electron chi connectivity index (χ1n) is 4.92. The quantitative estimate of drug-likeness (QED) is 0.515. The fourth-order valence-corrected chi connectivity index (χ4v) is 2.02. The van der Waals surface area contributed by atoms with Gasteiger partial charge in [-0.2, -0.15) is 17.4 Å². The highest BCUT2D eigenvalue weighted by Gasteiger charge is 2.25. The van der Waals surface area contributed by atoms with Crippen molar-refractivity contribution in [1.82, 2.24) is 9.03 Å². The van der Waals surface area contributed by atoms with Crippen molar-refractivity contribution in [1.29, 1.82) is 0 Å². The molecule has 0 aromatic carbocycles. The fourth-order valence-electron chi connectivity index (χ4n) is 0.936. The lowest BCUT2D eigenvalue weighted by Crippen LogP contribution is -2.48. The van der Waals surface area contributed by atoms with E-state index in [2.05, 4.69) is 0 Å². The van der Waals surface area contributed by atoms with Crippen LogP contribution >= 0.6 is 0 Å². The molecule has 0 rings (SSSR count). The molecule has 0 aromatic rings. The molecule has 0 unspecified atom stereocenters. The molecule has 0 fully saturated rings. The maximum absolute atomic E-state index is 11.6. The number of aliphatic hydroxyl groups is 1. The number of carbonyl (C=O) groups is 1. The van der Waals surface area contributed by atoms with Crippen molar-refractivity contribution in [3.05, 3.63) is 0 Å². The van der Waals surface area contributed by atoms with Crippen molar-refractivity contribution < 1.29 is 23.4 Å². The minimum Gasteiger partial charge on any atom is -0.480 e. The van der Waals surface area contributed by atoms with Crippen molar-refractivity contribution in [3.8, 4) is 0 Å². The molecule has 0 radical (unpaired) electrons. The lowest BCUT2D eigenvalue weighted by molar-refractivity contribution is -0.139. The van der Waals surface area contributed by atoms with Gasteiger partial charge in [-0.3, -0.25) is 4.79 Å². The van der Waals surface area contributed by atoms with Gasteiger partial charge in [-0.1, -0.05) is 13.3 Å². The Bertz CT molecular complexity index is 316. The zero-order valence-corrected chi connectivity index (χ0v) is 10.2. The van der Waals surface area contributed by atoms with Gasteiger partial charge in [-0.15, -0.1) is 0 Å². The maximum atomic E-state index is 11.6. The van der Waals surface area contributed by atoms with Gasteiger partial charge in [0, 0.05) is 13.6 Å². The third-order valence-corrected chi connectivity index (χ3v) is 3.59. The largest absolute Gasteiger partial charge is 0.480 e. The number of hydrogen-bond acceptors (Lipinski definition) is 4. The Labute approximate surface area is 95.2 Å². The molecule has 0 aliphatic rings. The normalized spacial score (nSPS) is 14.0. The average molecular weight is 254 g/mol. The van der Waals surface area contributed by atoms with Gasteiger partial charge in [0.25, 0.3) is 10.2 Å². The van der Waals surface area contributed by atoms with E-state index in [0.29, 0.717) is 13.0 Å². The monoisotopic (exact) mass is 254 g/mol. The van der Waals surface area contributed by atoms with Crippen LogP contribution in [-0.4, -0.2) is 55.1 Å². The van der Waals surface area contributed by atoms with Gasteiger partial charge in [-0.25, -0.2) is 0 Å². The predicted molar refractivity (Wildman–Crippen MR) is 58.1 cm³/mol. The second-order valence-electron chi connectivity index (χ2n) is 3.37. The Balaban J connectivity index is 4.48. The van der Waals surface area contributed by atoms with Crippen LogP contribution in [0.25, 0.3) is 0 Å². The molecule has 0 saturated carbocycles. The minimum absolute atomic E-state index is 0.309. The predicted octanol–water partition coefficient (Wildman–Crippen LogP) is -1.00. The van der Waals surface area contributed by atoms with Crippen LogP contribution in [0.4, 0.5) is 0 Å². The van der Waals surface area contributed by atoms with E-state index in [1.807, 2.05) is 11.6 Å². The number of nitrogens with zero attached hydrogens (tertiary/aromatic N) is 1. The molecule has 0 heterocycles. The second kappa shape index (κ2) is 6.79. The standard InChI is InChI=1S/C8H18N2O5S/c1-3-4-5-10(2)16(14,15)9-7(6-11)8(12)13/h7,9,11H,3-6H2,1-2H3,(H,12,13)/t7-/m1/s1. The molecule has 7 nitrogen and oxygen atoms in total. The Kier molecular flexibility index (Phi) is 6.49. The van der Waals surface area contributed by atoms with Crippen LogP contribution in [0.5, 0.6) is 0 Å². The molecular weight excluding hydrogens is 236 g/mol. The highest BCUT2D eigenvalue weighted by molar-refractivity contribution is 7.87. The topological polar surface area (TPSA) is 107 Å². The summed E-state index contributed by atoms with van der Waals surface area (Å²) in [5, 5.41) is 17.3. The molecule has 0 aliphatic carbocycles. The van der Waals surface area contributed by atoms with E-state index in [4.69, 9.17) is 10.2 Å². The maximum Gasteiger partial charge on any atom is 0.324 e. The molecule has 3 N–H and O–H groups in total. The van der Waals surface area contributed by atoms with Gasteiger partial charge in [0.15, 0.2) is 0 Å². The van der Waals surface area contributed by atoms with Gasteiger partial charge in [0.1, 0.15) is 6.04 Å². The van der Waals surface area contributed by atoms with E-state index < -0.39 is 28.8 Å². The summed E-state index contributed by atoms with van der Waals surface area (Å²) in [6.45, 7) is 1.45. The molecule has 0 aliphatic heterocycles. The smallest absolute Gasteiger partial charge is 0.324 e. The zero-order chi connectivity index (χ0) is 12.8. The summed E-state index contributed by atoms with van der Waals surface area (Å²) in [5.41, 5.74) is 0. The van der Waals surface area contributed by atoms with Crippen molar-refractivity contribution in [3.63, 3.8) is 0 Å². The van der Waals surface area contributed by atoms with Crippen molar-refractivity contribution in [2.45, 2.75) is 25.8 Å². The van der Waals surface area contributed by atoms with E-state index in [-0.39, 0.29) is 0 Å². The van der Waals surface area contributed by atoms with Gasteiger partial charge < -0.3 is 10.2 Å². The molecule has 96 valence electrons. The minimum atomic E-state index is -3.85. The van der Waals surface area contributed by atoms with Crippen LogP contribution in [0, 0.1) is 0 Å². The number of hydrogen-bond donors (Lipinski definition) is 3. The van der Waals surface area contributed by atoms with Crippen LogP contribution in [0.2, 0.25) is 0 Å². The van der Waals surface area contributed by atoms with Crippen LogP contribution in [0.15, 0.2) is 0 Å². The highest BCUT2D eigenvalue weighted by atomic mass is 32.2. The highest BCUT2D eigenvalue weighted by Crippen LogP contribution is 1.99. The van der Waals surface area contributed by atoms with Crippen molar-refractivity contribution >= 4 is 16.2 Å². The molecule has 0 spiro atoms. The summed E-state index contributed by atoms with van der Waals surface area (Å²) in [5.74, 6) is -1.41. The number of nitrogens with one attached hydrogen (secondary N) is 1. The first-order valence-corrected chi connectivity index (χ1v) is 6.36. The number of unbranched alkanes of at least 4 members (excludes halogenated alkanes) is 1. The Morgan fingerprint density at radius 1 is 1.50 bits per heavy atom. The van der Waals surface area contributed by atoms with Gasteiger partial charge >= 0.3 is 5.97 Å². The Hall–Kier alpha value is -0.700. The number of carboxylic acid groups (broad SMARTS) is 1. The molecule has 0 saturated heterocycles. The van der Waals surface area contributed by atoms with Crippen LogP contribution in [0.1, 0.15) is 19.8 Å². The SMILES string of the molecule is CCCCN(C)S(=O)(=O)N[C@H](CO)C(=O)O. The van der Waals surface area contributed by atoms with E-state index in [0.717, 1.165) is 10.7 Å². The summed E-state index contributed by atoms with van der Waals surface area (Å²) >= 11 is 0. The summed E-state index contributed by atoms with van der Waals surface area (Å²) in [6, 6.07) is -1.51. The molecular formula is C8H18N2O5S. The van der Waals surface area contributed by atoms with Crippen LogP contribution < -0.4 is 4.72 Å². The summed E-state index contributed by atoms with van der Waals surface area (Å²) in [7, 11) is -2.49. The van der Waals surface area contributed by atoms with Gasteiger partial charge in [-0.05, 0) is 6.42 Å². The first kappa shape index (κ1) is 15.3. The molecule has 0 bridgehead atoms. The van der Waals surface area contributed by atoms with Crippen molar-refractivity contribution in [2.75, 3.05) is 20.2 Å². The average Bonchev–Trinajstić information content (AvgIpc) is 2.21. The van der Waals surface area contributed by atoms with Gasteiger partial charge in [0.2, 0.25) is 0 Å². The molecule has 8 heteroatoms. The number of carboxylic acids is 1. The number of aliphatic carboxylic acids is 1.